The Morgan fingerprint density at radius 2 is 1.84 bits per heavy atom. The Labute approximate surface area is 151 Å². The summed E-state index contributed by atoms with van der Waals surface area (Å²) in [7, 11) is -3.58. The molecule has 0 amide bonds. The van der Waals surface area contributed by atoms with E-state index in [1.165, 1.54) is 4.31 Å². The van der Waals surface area contributed by atoms with Crippen LogP contribution in [0.5, 0.6) is 0 Å². The fourth-order valence-electron chi connectivity index (χ4n) is 3.92. The van der Waals surface area contributed by atoms with Gasteiger partial charge >= 0.3 is 0 Å². The topological polar surface area (TPSA) is 86.6 Å². The number of aromatic nitrogens is 2. The van der Waals surface area contributed by atoms with Crippen LogP contribution in [-0.4, -0.2) is 69.8 Å². The first-order chi connectivity index (χ1) is 12.1. The number of aliphatic hydroxyl groups excluding tert-OH is 1. The predicted octanol–water partition coefficient (Wildman–Crippen LogP) is 1.30. The van der Waals surface area contributed by atoms with Crippen LogP contribution in [0.15, 0.2) is 23.1 Å². The quantitative estimate of drug-likeness (QED) is 0.861. The molecule has 0 bridgehead atoms. The number of hydrogen-bond donors (Lipinski definition) is 1. The second-order valence-electron chi connectivity index (χ2n) is 6.75. The summed E-state index contributed by atoms with van der Waals surface area (Å²) in [6.07, 6.45) is 3.78. The summed E-state index contributed by atoms with van der Waals surface area (Å²) in [4.78, 5) is 2.49. The number of rotatable bonds is 3. The molecule has 2 heterocycles. The highest BCUT2D eigenvalue weighted by atomic mass is 32.2. The summed E-state index contributed by atoms with van der Waals surface area (Å²) < 4.78 is 35.9. The molecule has 1 aromatic heterocycles. The second kappa shape index (κ2) is 6.88. The predicted molar refractivity (Wildman–Crippen MR) is 96.0 cm³/mol. The number of hydrogen-bond acceptors (Lipinski definition) is 7. The minimum absolute atomic E-state index is 0.171. The monoisotopic (exact) mass is 382 g/mol. The van der Waals surface area contributed by atoms with E-state index < -0.39 is 10.0 Å². The molecular weight excluding hydrogens is 360 g/mol. The van der Waals surface area contributed by atoms with E-state index in [4.69, 9.17) is 0 Å². The number of fused-ring (bicyclic) bond motifs is 1. The number of piperazine rings is 1. The maximum atomic E-state index is 13.0. The van der Waals surface area contributed by atoms with Gasteiger partial charge in [-0.15, -0.1) is 0 Å². The molecule has 4 rings (SSSR count). The third kappa shape index (κ3) is 3.19. The summed E-state index contributed by atoms with van der Waals surface area (Å²) in [5, 5.41) is 10.2. The van der Waals surface area contributed by atoms with Crippen molar-refractivity contribution in [1.82, 2.24) is 18.0 Å². The number of benzene rings is 1. The SMILES string of the molecule is O=S(=O)(c1cccc2nsnc12)N1CCN([C@@H]2CCCC[C@H]2O)CC1. The molecule has 9 heteroatoms. The summed E-state index contributed by atoms with van der Waals surface area (Å²) in [5.41, 5.74) is 1.08. The lowest BCUT2D eigenvalue weighted by Gasteiger charge is -2.42. The largest absolute Gasteiger partial charge is 0.391 e. The van der Waals surface area contributed by atoms with E-state index in [-0.39, 0.29) is 17.0 Å². The first-order valence-electron chi connectivity index (χ1n) is 8.71. The van der Waals surface area contributed by atoms with Gasteiger partial charge in [-0.1, -0.05) is 18.9 Å². The molecule has 2 atom stereocenters. The normalized spacial score (nSPS) is 26.9. The highest BCUT2D eigenvalue weighted by molar-refractivity contribution is 7.89. The van der Waals surface area contributed by atoms with Crippen LogP contribution in [0, 0.1) is 0 Å². The molecule has 136 valence electrons. The third-order valence-electron chi connectivity index (χ3n) is 5.30. The lowest BCUT2D eigenvalue weighted by Crippen LogP contribution is -2.55. The standard InChI is InChI=1S/C16H22N4O3S2/c21-14-6-2-1-5-13(14)19-8-10-20(11-9-19)25(22,23)15-7-3-4-12-16(15)18-24-17-12/h3-4,7,13-14,21H,1-2,5-6,8-11H2/t13-,14-/m1/s1. The van der Waals surface area contributed by atoms with Gasteiger partial charge in [0.05, 0.1) is 17.8 Å². The van der Waals surface area contributed by atoms with Crippen LogP contribution in [0.25, 0.3) is 11.0 Å². The van der Waals surface area contributed by atoms with E-state index in [0.717, 1.165) is 37.4 Å². The Hall–Kier alpha value is -1.13. The summed E-state index contributed by atoms with van der Waals surface area (Å²) in [5.74, 6) is 0. The van der Waals surface area contributed by atoms with Crippen molar-refractivity contribution in [3.05, 3.63) is 18.2 Å². The van der Waals surface area contributed by atoms with Gasteiger partial charge < -0.3 is 5.11 Å². The van der Waals surface area contributed by atoms with Gasteiger partial charge in [0.25, 0.3) is 0 Å². The molecule has 0 spiro atoms. The van der Waals surface area contributed by atoms with Crippen molar-refractivity contribution in [2.24, 2.45) is 0 Å². The molecule has 25 heavy (non-hydrogen) atoms. The Bertz CT molecular complexity index is 846. The van der Waals surface area contributed by atoms with E-state index >= 15 is 0 Å². The van der Waals surface area contributed by atoms with Crippen molar-refractivity contribution >= 4 is 32.8 Å². The van der Waals surface area contributed by atoms with Crippen LogP contribution >= 0.6 is 11.7 Å². The average molecular weight is 383 g/mol. The maximum absolute atomic E-state index is 13.0. The van der Waals surface area contributed by atoms with Gasteiger partial charge in [0, 0.05) is 32.2 Å². The van der Waals surface area contributed by atoms with Gasteiger partial charge in [-0.05, 0) is 25.0 Å². The van der Waals surface area contributed by atoms with Crippen molar-refractivity contribution in [2.75, 3.05) is 26.2 Å². The summed E-state index contributed by atoms with van der Waals surface area (Å²) in [6.45, 7) is 2.21. The molecule has 7 nitrogen and oxygen atoms in total. The maximum Gasteiger partial charge on any atom is 0.245 e. The van der Waals surface area contributed by atoms with E-state index in [1.54, 1.807) is 18.2 Å². The molecule has 0 radical (unpaired) electrons. The van der Waals surface area contributed by atoms with E-state index in [9.17, 15) is 13.5 Å². The number of aliphatic hydroxyl groups is 1. The molecule has 1 aromatic carbocycles. The van der Waals surface area contributed by atoms with E-state index in [2.05, 4.69) is 13.6 Å². The molecule has 1 N–H and O–H groups in total. The first kappa shape index (κ1) is 17.3. The van der Waals surface area contributed by atoms with Crippen LogP contribution in [-0.2, 0) is 10.0 Å². The van der Waals surface area contributed by atoms with Crippen LogP contribution in [0.4, 0.5) is 0 Å². The average Bonchev–Trinajstić information content (AvgIpc) is 3.11. The molecule has 1 aliphatic carbocycles. The highest BCUT2D eigenvalue weighted by Crippen LogP contribution is 2.27. The number of sulfonamides is 1. The smallest absolute Gasteiger partial charge is 0.245 e. The third-order valence-corrected chi connectivity index (χ3v) is 7.78. The first-order valence-corrected chi connectivity index (χ1v) is 10.9. The molecular formula is C16H22N4O3S2. The molecule has 2 aliphatic rings. The van der Waals surface area contributed by atoms with Crippen molar-refractivity contribution in [3.8, 4) is 0 Å². The van der Waals surface area contributed by atoms with Crippen LogP contribution < -0.4 is 0 Å². The van der Waals surface area contributed by atoms with Crippen molar-refractivity contribution in [2.45, 2.75) is 42.7 Å². The van der Waals surface area contributed by atoms with Gasteiger partial charge in [-0.3, -0.25) is 4.90 Å². The Morgan fingerprint density at radius 3 is 2.60 bits per heavy atom. The zero-order valence-corrected chi connectivity index (χ0v) is 15.5. The Balaban J connectivity index is 1.51. The zero-order valence-electron chi connectivity index (χ0n) is 13.9. The Morgan fingerprint density at radius 1 is 1.08 bits per heavy atom. The van der Waals surface area contributed by atoms with Crippen LogP contribution in [0.1, 0.15) is 25.7 Å². The molecule has 2 fully saturated rings. The highest BCUT2D eigenvalue weighted by Gasteiger charge is 2.35. The fraction of sp³-hybridized carbons (Fsp3) is 0.625. The van der Waals surface area contributed by atoms with Crippen molar-refractivity contribution < 1.29 is 13.5 Å². The van der Waals surface area contributed by atoms with Gasteiger partial charge in [0.1, 0.15) is 15.9 Å². The summed E-state index contributed by atoms with van der Waals surface area (Å²) >= 11 is 1.03. The minimum Gasteiger partial charge on any atom is -0.391 e. The van der Waals surface area contributed by atoms with Gasteiger partial charge in [-0.2, -0.15) is 13.1 Å². The molecule has 1 saturated carbocycles. The fourth-order valence-corrected chi connectivity index (χ4v) is 6.10. The minimum atomic E-state index is -3.58. The van der Waals surface area contributed by atoms with Crippen LogP contribution in [0.2, 0.25) is 0 Å². The Kier molecular flexibility index (Phi) is 4.76. The lowest BCUT2D eigenvalue weighted by molar-refractivity contribution is 0.00641. The van der Waals surface area contributed by atoms with E-state index in [1.807, 2.05) is 0 Å². The molecule has 2 aromatic rings. The molecule has 1 saturated heterocycles. The molecule has 0 unspecified atom stereocenters. The summed E-state index contributed by atoms with van der Waals surface area (Å²) in [6, 6.07) is 5.27. The van der Waals surface area contributed by atoms with Crippen molar-refractivity contribution in [1.29, 1.82) is 0 Å². The lowest BCUT2D eigenvalue weighted by atomic mass is 9.91. The molecule has 1 aliphatic heterocycles. The zero-order chi connectivity index (χ0) is 17.4. The van der Waals surface area contributed by atoms with Crippen molar-refractivity contribution in [3.63, 3.8) is 0 Å². The van der Waals surface area contributed by atoms with Gasteiger partial charge in [0.15, 0.2) is 0 Å². The van der Waals surface area contributed by atoms with Gasteiger partial charge in [0.2, 0.25) is 10.0 Å². The van der Waals surface area contributed by atoms with E-state index in [0.29, 0.717) is 37.2 Å². The van der Waals surface area contributed by atoms with Crippen LogP contribution in [0.3, 0.4) is 0 Å². The van der Waals surface area contributed by atoms with Gasteiger partial charge in [-0.25, -0.2) is 8.42 Å². The second-order valence-corrected chi connectivity index (χ2v) is 9.18. The number of nitrogens with zero attached hydrogens (tertiary/aromatic N) is 4.